The number of nitrogens with two attached hydrogens (primary N) is 1. The summed E-state index contributed by atoms with van der Waals surface area (Å²) in [5.74, 6) is 0. The monoisotopic (exact) mass is 186 g/mol. The molecule has 0 aromatic carbocycles. The molecule has 0 fully saturated rings. The summed E-state index contributed by atoms with van der Waals surface area (Å²) in [5.41, 5.74) is 5.74. The fourth-order valence-corrected chi connectivity index (χ4v) is 0.714. The van der Waals surface area contributed by atoms with Crippen LogP contribution in [0.2, 0.25) is 0 Å². The molecule has 12 heavy (non-hydrogen) atoms. The van der Waals surface area contributed by atoms with Gasteiger partial charge >= 0.3 is 0 Å². The molecule has 0 aromatic heterocycles. The van der Waals surface area contributed by atoms with E-state index in [0.29, 0.717) is 5.04 Å². The van der Waals surface area contributed by atoms with Gasteiger partial charge in [-0.05, 0) is 24.7 Å². The Balaban J connectivity index is 4.23. The minimum absolute atomic E-state index is 0.0258. The van der Waals surface area contributed by atoms with Crippen molar-refractivity contribution in [1.29, 1.82) is 5.41 Å². The highest BCUT2D eigenvalue weighted by molar-refractivity contribution is 8.13. The number of rotatable bonds is 3. The Morgan fingerprint density at radius 1 is 1.58 bits per heavy atom. The molecule has 0 spiro atoms. The summed E-state index contributed by atoms with van der Waals surface area (Å²) in [6, 6.07) is 0.114. The predicted octanol–water partition coefficient (Wildman–Crippen LogP) is 2.26. The smallest absolute Gasteiger partial charge is 0.0864 e. The van der Waals surface area contributed by atoms with Crippen LogP contribution in [0.15, 0.2) is 12.2 Å². The van der Waals surface area contributed by atoms with Crippen molar-refractivity contribution in [2.75, 3.05) is 6.26 Å². The minimum Gasteiger partial charge on any atom is -0.327 e. The van der Waals surface area contributed by atoms with Crippen LogP contribution in [0.4, 0.5) is 0 Å². The highest BCUT2D eigenvalue weighted by Gasteiger charge is 2.18. The Morgan fingerprint density at radius 3 is 2.42 bits per heavy atom. The Bertz CT molecular complexity index is 183. The molecule has 0 saturated carbocycles. The molecule has 0 heterocycles. The molecule has 0 unspecified atom stereocenters. The van der Waals surface area contributed by atoms with E-state index >= 15 is 0 Å². The van der Waals surface area contributed by atoms with Gasteiger partial charge in [-0.15, -0.1) is 11.8 Å². The van der Waals surface area contributed by atoms with Crippen LogP contribution in [-0.4, -0.2) is 17.3 Å². The van der Waals surface area contributed by atoms with Gasteiger partial charge < -0.3 is 5.73 Å². The van der Waals surface area contributed by atoms with Crippen molar-refractivity contribution < 1.29 is 0 Å². The van der Waals surface area contributed by atoms with E-state index in [2.05, 4.69) is 13.8 Å². The summed E-state index contributed by atoms with van der Waals surface area (Å²) in [6.45, 7) is 6.12. The highest BCUT2D eigenvalue weighted by Crippen LogP contribution is 2.20. The van der Waals surface area contributed by atoms with Crippen LogP contribution in [0.5, 0.6) is 0 Å². The zero-order chi connectivity index (χ0) is 9.78. The van der Waals surface area contributed by atoms with E-state index in [4.69, 9.17) is 11.1 Å². The van der Waals surface area contributed by atoms with Crippen LogP contribution in [0.25, 0.3) is 0 Å². The van der Waals surface area contributed by atoms with Crippen LogP contribution in [0.1, 0.15) is 20.8 Å². The third-order valence-electron chi connectivity index (χ3n) is 2.06. The Hall–Kier alpha value is -0.280. The van der Waals surface area contributed by atoms with Gasteiger partial charge in [-0.2, -0.15) is 0 Å². The maximum atomic E-state index is 7.39. The van der Waals surface area contributed by atoms with Gasteiger partial charge in [-0.1, -0.05) is 19.9 Å². The second kappa shape index (κ2) is 4.67. The van der Waals surface area contributed by atoms with Gasteiger partial charge in [0.2, 0.25) is 0 Å². The molecule has 0 aliphatic heterocycles. The van der Waals surface area contributed by atoms with Crippen LogP contribution >= 0.6 is 11.8 Å². The molecule has 0 amide bonds. The summed E-state index contributed by atoms with van der Waals surface area (Å²) < 4.78 is 0. The summed E-state index contributed by atoms with van der Waals surface area (Å²) in [6.07, 6.45) is 5.70. The number of hydrogen-bond acceptors (Lipinski definition) is 3. The summed E-state index contributed by atoms with van der Waals surface area (Å²) in [7, 11) is 0. The molecule has 3 heteroatoms. The van der Waals surface area contributed by atoms with E-state index in [0.717, 1.165) is 0 Å². The molecule has 70 valence electrons. The van der Waals surface area contributed by atoms with E-state index < -0.39 is 0 Å². The molecule has 0 radical (unpaired) electrons. The molecule has 0 rings (SSSR count). The Labute approximate surface area is 79.1 Å². The predicted molar refractivity (Wildman–Crippen MR) is 57.8 cm³/mol. The van der Waals surface area contributed by atoms with Crippen molar-refractivity contribution in [2.45, 2.75) is 26.8 Å². The minimum atomic E-state index is -0.0258. The van der Waals surface area contributed by atoms with Gasteiger partial charge in [0, 0.05) is 6.04 Å². The van der Waals surface area contributed by atoms with Crippen molar-refractivity contribution in [2.24, 2.45) is 11.1 Å². The fourth-order valence-electron chi connectivity index (χ4n) is 0.510. The third kappa shape index (κ3) is 3.93. The lowest BCUT2D eigenvalue weighted by molar-refractivity contribution is 0.394. The van der Waals surface area contributed by atoms with E-state index in [9.17, 15) is 0 Å². The van der Waals surface area contributed by atoms with Crippen LogP contribution < -0.4 is 5.73 Å². The average Bonchev–Trinajstić information content (AvgIpc) is 2.00. The second-order valence-electron chi connectivity index (χ2n) is 3.51. The highest BCUT2D eigenvalue weighted by atomic mass is 32.2. The van der Waals surface area contributed by atoms with Crippen molar-refractivity contribution in [3.63, 3.8) is 0 Å². The van der Waals surface area contributed by atoms with Gasteiger partial charge in [-0.3, -0.25) is 5.41 Å². The van der Waals surface area contributed by atoms with Crippen LogP contribution in [-0.2, 0) is 0 Å². The number of hydrogen-bond donors (Lipinski definition) is 2. The summed E-state index contributed by atoms with van der Waals surface area (Å²) >= 11 is 1.43. The van der Waals surface area contributed by atoms with E-state index in [1.165, 1.54) is 11.8 Å². The summed E-state index contributed by atoms with van der Waals surface area (Å²) in [5, 5.41) is 7.97. The van der Waals surface area contributed by atoms with Crippen molar-refractivity contribution in [3.8, 4) is 0 Å². The summed E-state index contributed by atoms with van der Waals surface area (Å²) in [4.78, 5) is 0. The third-order valence-corrected chi connectivity index (χ3v) is 2.63. The molecule has 0 aliphatic rings. The zero-order valence-electron chi connectivity index (χ0n) is 8.22. The Morgan fingerprint density at radius 2 is 2.08 bits per heavy atom. The van der Waals surface area contributed by atoms with E-state index in [1.807, 2.05) is 25.3 Å². The molecule has 0 aliphatic carbocycles. The maximum Gasteiger partial charge on any atom is 0.0864 e. The first-order chi connectivity index (χ1) is 5.40. The van der Waals surface area contributed by atoms with Crippen molar-refractivity contribution >= 4 is 16.8 Å². The molecule has 1 atom stereocenters. The van der Waals surface area contributed by atoms with E-state index in [1.54, 1.807) is 0 Å². The lowest BCUT2D eigenvalue weighted by Crippen LogP contribution is -2.32. The van der Waals surface area contributed by atoms with Gasteiger partial charge in [0.15, 0.2) is 0 Å². The molecular weight excluding hydrogens is 168 g/mol. The van der Waals surface area contributed by atoms with Crippen LogP contribution in [0.3, 0.4) is 0 Å². The number of thioether (sulfide) groups is 1. The zero-order valence-corrected chi connectivity index (χ0v) is 9.03. The second-order valence-corrected chi connectivity index (χ2v) is 4.36. The normalized spacial score (nSPS) is 15.1. The van der Waals surface area contributed by atoms with Crippen molar-refractivity contribution in [3.05, 3.63) is 12.2 Å². The van der Waals surface area contributed by atoms with Gasteiger partial charge in [0.05, 0.1) is 5.04 Å². The van der Waals surface area contributed by atoms with Crippen molar-refractivity contribution in [1.82, 2.24) is 0 Å². The largest absolute Gasteiger partial charge is 0.327 e. The topological polar surface area (TPSA) is 49.9 Å². The van der Waals surface area contributed by atoms with Gasteiger partial charge in [0.25, 0.3) is 0 Å². The molecule has 0 aromatic rings. The van der Waals surface area contributed by atoms with Gasteiger partial charge in [0.1, 0.15) is 0 Å². The van der Waals surface area contributed by atoms with E-state index in [-0.39, 0.29) is 11.5 Å². The fraction of sp³-hybridized carbons (Fsp3) is 0.667. The lowest BCUT2D eigenvalue weighted by Gasteiger charge is -2.24. The lowest BCUT2D eigenvalue weighted by atomic mass is 9.86. The number of nitrogens with one attached hydrogen (secondary N) is 1. The van der Waals surface area contributed by atoms with Gasteiger partial charge in [-0.25, -0.2) is 0 Å². The molecule has 3 N–H and O–H groups in total. The standard InChI is InChI=1S/C9H18N2S/c1-7(10)9(2,3)6-5-8(11)12-4/h5-7,11H,10H2,1-4H3/b6-5+,11-8?/t7-/m1/s1. The quantitative estimate of drug-likeness (QED) is 0.524. The first-order valence-electron chi connectivity index (χ1n) is 3.97. The first-order valence-corrected chi connectivity index (χ1v) is 5.20. The van der Waals surface area contributed by atoms with Crippen LogP contribution in [0, 0.1) is 10.8 Å². The SMILES string of the molecule is CSC(=N)/C=C/C(C)(C)[C@@H](C)N. The maximum absolute atomic E-state index is 7.39. The molecule has 0 bridgehead atoms. The molecule has 0 saturated heterocycles. The Kier molecular flexibility index (Phi) is 4.57. The molecular formula is C9H18N2S. The average molecular weight is 186 g/mol. The molecule has 2 nitrogen and oxygen atoms in total. The first kappa shape index (κ1) is 11.7.